The van der Waals surface area contributed by atoms with Crippen molar-refractivity contribution in [1.29, 1.82) is 10.5 Å². The average molecular weight is 406 g/mol. The van der Waals surface area contributed by atoms with Gasteiger partial charge >= 0.3 is 0 Å². The fourth-order valence-corrected chi connectivity index (χ4v) is 3.67. The van der Waals surface area contributed by atoms with Crippen LogP contribution < -0.4 is 5.73 Å². The summed E-state index contributed by atoms with van der Waals surface area (Å²) < 4.78 is 0. The maximum absolute atomic E-state index is 12.3. The van der Waals surface area contributed by atoms with Gasteiger partial charge in [-0.15, -0.1) is 0 Å². The predicted octanol–water partition coefficient (Wildman–Crippen LogP) is 4.10. The second kappa shape index (κ2) is 8.53. The molecule has 0 atom stereocenters. The molecule has 136 valence electrons. The van der Waals surface area contributed by atoms with Crippen molar-refractivity contribution in [2.45, 2.75) is 5.03 Å². The fourth-order valence-electron chi connectivity index (χ4n) is 2.57. The molecule has 0 radical (unpaired) electrons. The third-order valence-corrected chi connectivity index (χ3v) is 5.15. The van der Waals surface area contributed by atoms with Crippen LogP contribution in [0.15, 0.2) is 53.7 Å². The molecular weight excluding hydrogens is 394 g/mol. The molecule has 1 aromatic carbocycles. The second-order valence-corrected chi connectivity index (χ2v) is 6.93. The Hall–Kier alpha value is -3.39. The number of rotatable bonds is 5. The minimum absolute atomic E-state index is 0.0198. The van der Waals surface area contributed by atoms with Crippen molar-refractivity contribution in [3.05, 3.63) is 70.5 Å². The van der Waals surface area contributed by atoms with Crippen molar-refractivity contribution in [2.75, 3.05) is 11.5 Å². The monoisotopic (exact) mass is 405 g/mol. The number of nitrogens with two attached hydrogens (primary N) is 1. The topological polar surface area (TPSA) is 116 Å². The molecule has 0 amide bonds. The third-order valence-electron chi connectivity index (χ3n) is 3.85. The Morgan fingerprint density at radius 2 is 1.82 bits per heavy atom. The van der Waals surface area contributed by atoms with Crippen molar-refractivity contribution in [2.24, 2.45) is 0 Å². The molecule has 3 rings (SSSR count). The molecule has 0 aliphatic heterocycles. The van der Waals surface area contributed by atoms with Crippen LogP contribution in [0.3, 0.4) is 0 Å². The third kappa shape index (κ3) is 3.81. The summed E-state index contributed by atoms with van der Waals surface area (Å²) >= 11 is 7.35. The van der Waals surface area contributed by atoms with Gasteiger partial charge in [0.2, 0.25) is 0 Å². The maximum Gasteiger partial charge on any atom is 0.191 e. The van der Waals surface area contributed by atoms with E-state index in [0.717, 1.165) is 11.8 Å². The summed E-state index contributed by atoms with van der Waals surface area (Å²) in [6.07, 6.45) is 1.53. The highest BCUT2D eigenvalue weighted by atomic mass is 35.5. The first-order valence-electron chi connectivity index (χ1n) is 8.02. The van der Waals surface area contributed by atoms with Gasteiger partial charge in [0.1, 0.15) is 34.2 Å². The number of hydrogen-bond acceptors (Lipinski definition) is 7. The van der Waals surface area contributed by atoms with Crippen LogP contribution in [0.4, 0.5) is 5.82 Å². The fraction of sp³-hybridized carbons (Fsp3) is 0.0500. The number of Topliss-reactive ketones (excluding diaryl/α,β-unsaturated/α-hetero) is 1. The first kappa shape index (κ1) is 19.4. The summed E-state index contributed by atoms with van der Waals surface area (Å²) in [6.45, 7) is 0. The zero-order valence-corrected chi connectivity index (χ0v) is 16.0. The minimum Gasteiger partial charge on any atom is -0.383 e. The lowest BCUT2D eigenvalue weighted by Gasteiger charge is -2.13. The summed E-state index contributed by atoms with van der Waals surface area (Å²) in [5.74, 6) is -0.214. The largest absolute Gasteiger partial charge is 0.383 e. The molecular formula is C20H12ClN5OS. The van der Waals surface area contributed by atoms with Crippen LogP contribution in [0.2, 0.25) is 5.02 Å². The first-order valence-corrected chi connectivity index (χ1v) is 9.38. The molecule has 6 nitrogen and oxygen atoms in total. The smallest absolute Gasteiger partial charge is 0.191 e. The molecule has 0 fully saturated rings. The molecule has 0 spiro atoms. The van der Waals surface area contributed by atoms with Crippen molar-refractivity contribution >= 4 is 35.0 Å². The number of nitrogen functional groups attached to an aromatic ring is 1. The van der Waals surface area contributed by atoms with Crippen LogP contribution in [-0.4, -0.2) is 21.5 Å². The maximum atomic E-state index is 12.3. The highest BCUT2D eigenvalue weighted by molar-refractivity contribution is 8.00. The molecule has 2 heterocycles. The number of halogens is 1. The van der Waals surface area contributed by atoms with Crippen LogP contribution >= 0.6 is 23.4 Å². The van der Waals surface area contributed by atoms with E-state index < -0.39 is 0 Å². The molecule has 28 heavy (non-hydrogen) atoms. The van der Waals surface area contributed by atoms with Gasteiger partial charge in [0.15, 0.2) is 5.78 Å². The molecule has 8 heteroatoms. The van der Waals surface area contributed by atoms with Gasteiger partial charge in [-0.3, -0.25) is 9.78 Å². The van der Waals surface area contributed by atoms with Crippen LogP contribution in [-0.2, 0) is 0 Å². The van der Waals surface area contributed by atoms with Gasteiger partial charge in [0.05, 0.1) is 11.3 Å². The SMILES string of the molecule is N#Cc1c(N)nc(SCC(=O)c2ccccn2)c(C#N)c1-c1ccccc1Cl. The standard InChI is InChI=1S/C20H12ClN5OS/c21-15-6-2-1-5-12(15)18-13(9-22)19(24)26-20(14(18)10-23)28-11-17(27)16-7-3-4-8-25-16/h1-8H,11H2,(H2,24,26). The number of nitrogens with zero attached hydrogens (tertiary/aromatic N) is 4. The van der Waals surface area contributed by atoms with Crippen LogP contribution in [0.25, 0.3) is 11.1 Å². The number of anilines is 1. The average Bonchev–Trinajstić information content (AvgIpc) is 2.72. The van der Waals surface area contributed by atoms with Gasteiger partial charge in [-0.25, -0.2) is 4.98 Å². The van der Waals surface area contributed by atoms with Gasteiger partial charge in [0, 0.05) is 22.3 Å². The van der Waals surface area contributed by atoms with Gasteiger partial charge < -0.3 is 5.73 Å². The van der Waals surface area contributed by atoms with Gasteiger partial charge in [-0.05, 0) is 18.2 Å². The van der Waals surface area contributed by atoms with E-state index >= 15 is 0 Å². The number of hydrogen-bond donors (Lipinski definition) is 1. The zero-order chi connectivity index (χ0) is 20.1. The number of nitriles is 2. The molecule has 0 unspecified atom stereocenters. The summed E-state index contributed by atoms with van der Waals surface area (Å²) in [7, 11) is 0. The summed E-state index contributed by atoms with van der Waals surface area (Å²) in [5, 5.41) is 19.9. The van der Waals surface area contributed by atoms with Crippen molar-refractivity contribution in [3.63, 3.8) is 0 Å². The van der Waals surface area contributed by atoms with Gasteiger partial charge in [-0.2, -0.15) is 10.5 Å². The molecule has 0 bridgehead atoms. The normalized spacial score (nSPS) is 10.1. The van der Waals surface area contributed by atoms with E-state index in [2.05, 4.69) is 16.0 Å². The number of thioether (sulfide) groups is 1. The summed E-state index contributed by atoms with van der Waals surface area (Å²) in [4.78, 5) is 20.5. The Labute approximate surface area is 170 Å². The molecule has 0 saturated heterocycles. The van der Waals surface area contributed by atoms with Crippen molar-refractivity contribution in [3.8, 4) is 23.3 Å². The molecule has 0 saturated carbocycles. The molecule has 0 aliphatic rings. The number of benzene rings is 1. The van der Waals surface area contributed by atoms with Gasteiger partial charge in [0.25, 0.3) is 0 Å². The lowest BCUT2D eigenvalue weighted by atomic mass is 9.97. The highest BCUT2D eigenvalue weighted by Gasteiger charge is 2.22. The van der Waals surface area contributed by atoms with E-state index in [1.165, 1.54) is 6.20 Å². The zero-order valence-electron chi connectivity index (χ0n) is 14.4. The Balaban J connectivity index is 2.06. The van der Waals surface area contributed by atoms with Crippen LogP contribution in [0.1, 0.15) is 21.6 Å². The molecule has 0 aliphatic carbocycles. The van der Waals surface area contributed by atoms with Crippen molar-refractivity contribution in [1.82, 2.24) is 9.97 Å². The lowest BCUT2D eigenvalue weighted by Crippen LogP contribution is -2.07. The van der Waals surface area contributed by atoms with E-state index in [1.807, 2.05) is 6.07 Å². The van der Waals surface area contributed by atoms with E-state index in [9.17, 15) is 15.3 Å². The van der Waals surface area contributed by atoms with Crippen LogP contribution in [0.5, 0.6) is 0 Å². The van der Waals surface area contributed by atoms with Crippen LogP contribution in [0, 0.1) is 22.7 Å². The predicted molar refractivity (Wildman–Crippen MR) is 108 cm³/mol. The Morgan fingerprint density at radius 1 is 1.11 bits per heavy atom. The number of carbonyl (C=O) groups is 1. The van der Waals surface area contributed by atoms with E-state index in [-0.39, 0.29) is 33.5 Å². The second-order valence-electron chi connectivity index (χ2n) is 5.56. The van der Waals surface area contributed by atoms with Gasteiger partial charge in [-0.1, -0.05) is 47.6 Å². The first-order chi connectivity index (χ1) is 13.6. The number of aromatic nitrogens is 2. The Kier molecular flexibility index (Phi) is 5.90. The molecule has 2 aromatic heterocycles. The number of carbonyl (C=O) groups excluding carboxylic acids is 1. The summed E-state index contributed by atoms with van der Waals surface area (Å²) in [5.41, 5.74) is 7.33. The lowest BCUT2D eigenvalue weighted by molar-refractivity contribution is 0.101. The molecule has 3 aromatic rings. The van der Waals surface area contributed by atoms with E-state index in [0.29, 0.717) is 21.8 Å². The number of ketones is 1. The minimum atomic E-state index is -0.210. The Morgan fingerprint density at radius 3 is 2.46 bits per heavy atom. The van der Waals surface area contributed by atoms with Crippen molar-refractivity contribution < 1.29 is 4.79 Å². The van der Waals surface area contributed by atoms with E-state index in [1.54, 1.807) is 42.5 Å². The quantitative estimate of drug-likeness (QED) is 0.501. The molecule has 2 N–H and O–H groups in total. The summed E-state index contributed by atoms with van der Waals surface area (Å²) in [6, 6.07) is 16.0. The Bertz CT molecular complexity index is 1140. The van der Waals surface area contributed by atoms with E-state index in [4.69, 9.17) is 17.3 Å². The highest BCUT2D eigenvalue weighted by Crippen LogP contribution is 2.38. The number of pyridine rings is 2.